The van der Waals surface area contributed by atoms with Crippen LogP contribution < -0.4 is 4.90 Å². The minimum atomic E-state index is 0.0373. The predicted molar refractivity (Wildman–Crippen MR) is 119 cm³/mol. The zero-order valence-corrected chi connectivity index (χ0v) is 18.1. The Morgan fingerprint density at radius 1 is 1.06 bits per heavy atom. The third-order valence-corrected chi connectivity index (χ3v) is 6.72. The molecule has 0 bridgehead atoms. The number of piperidine rings is 2. The monoisotopic (exact) mass is 422 g/mol. The van der Waals surface area contributed by atoms with Gasteiger partial charge in [-0.3, -0.25) is 4.79 Å². The Kier molecular flexibility index (Phi) is 5.68. The van der Waals surface area contributed by atoms with E-state index in [4.69, 9.17) is 8.83 Å². The molecule has 2 saturated heterocycles. The van der Waals surface area contributed by atoms with Crippen LogP contribution in [-0.4, -0.2) is 60.0 Å². The number of likely N-dealkylation sites (tertiary alicyclic amines) is 1. The topological polar surface area (TPSA) is 66.0 Å². The standard InChI is InChI=1S/C24H30N4O3/c1-26-12-10-19(11-13-26)28(17-20-5-4-16-30-20)23(29)18-8-14-27(15-9-18)24-25-21-6-2-3-7-22(21)31-24/h2-7,16,18-19H,8-15,17H2,1H3. The van der Waals surface area contributed by atoms with Crippen LogP contribution in [0.2, 0.25) is 0 Å². The molecule has 3 aromatic rings. The van der Waals surface area contributed by atoms with Gasteiger partial charge in [-0.05, 0) is 70.1 Å². The molecule has 5 rings (SSSR count). The maximum absolute atomic E-state index is 13.6. The molecule has 1 amide bonds. The van der Waals surface area contributed by atoms with E-state index < -0.39 is 0 Å². The number of fused-ring (bicyclic) bond motifs is 1. The number of para-hydroxylation sites is 2. The summed E-state index contributed by atoms with van der Waals surface area (Å²) < 4.78 is 11.5. The molecule has 7 nitrogen and oxygen atoms in total. The van der Waals surface area contributed by atoms with Crippen molar-refractivity contribution in [2.75, 3.05) is 38.1 Å². The lowest BCUT2D eigenvalue weighted by atomic mass is 9.93. The van der Waals surface area contributed by atoms with E-state index in [1.54, 1.807) is 6.26 Å². The lowest BCUT2D eigenvalue weighted by Crippen LogP contribution is -2.49. The van der Waals surface area contributed by atoms with E-state index in [0.717, 1.165) is 68.7 Å². The van der Waals surface area contributed by atoms with Crippen LogP contribution in [0.15, 0.2) is 51.5 Å². The highest BCUT2D eigenvalue weighted by atomic mass is 16.4. The molecule has 0 atom stereocenters. The van der Waals surface area contributed by atoms with Crippen LogP contribution in [-0.2, 0) is 11.3 Å². The molecule has 2 aliphatic rings. The number of nitrogens with zero attached hydrogens (tertiary/aromatic N) is 4. The Balaban J connectivity index is 1.26. The van der Waals surface area contributed by atoms with Crippen molar-refractivity contribution in [1.29, 1.82) is 0 Å². The summed E-state index contributed by atoms with van der Waals surface area (Å²) in [4.78, 5) is 24.8. The summed E-state index contributed by atoms with van der Waals surface area (Å²) in [6.45, 7) is 4.19. The summed E-state index contributed by atoms with van der Waals surface area (Å²) in [5, 5.41) is 0. The molecule has 1 aromatic carbocycles. The number of aromatic nitrogens is 1. The average molecular weight is 423 g/mol. The van der Waals surface area contributed by atoms with E-state index in [0.29, 0.717) is 12.6 Å². The Morgan fingerprint density at radius 3 is 2.55 bits per heavy atom. The molecule has 2 aliphatic heterocycles. The lowest BCUT2D eigenvalue weighted by Gasteiger charge is -2.40. The number of benzene rings is 1. The summed E-state index contributed by atoms with van der Waals surface area (Å²) in [6.07, 6.45) is 5.36. The summed E-state index contributed by atoms with van der Waals surface area (Å²) in [7, 11) is 2.15. The van der Waals surface area contributed by atoms with Gasteiger partial charge in [-0.2, -0.15) is 4.98 Å². The summed E-state index contributed by atoms with van der Waals surface area (Å²) in [5.41, 5.74) is 1.69. The van der Waals surface area contributed by atoms with Crippen LogP contribution in [0.3, 0.4) is 0 Å². The first-order chi connectivity index (χ1) is 15.2. The highest BCUT2D eigenvalue weighted by Gasteiger charge is 2.34. The molecule has 2 fully saturated rings. The van der Waals surface area contributed by atoms with E-state index in [2.05, 4.69) is 26.7 Å². The minimum absolute atomic E-state index is 0.0373. The molecule has 0 aliphatic carbocycles. The van der Waals surface area contributed by atoms with Gasteiger partial charge >= 0.3 is 0 Å². The first kappa shape index (κ1) is 20.1. The van der Waals surface area contributed by atoms with Crippen molar-refractivity contribution < 1.29 is 13.6 Å². The molecule has 0 radical (unpaired) electrons. The Labute approximate surface area is 182 Å². The van der Waals surface area contributed by atoms with Crippen LogP contribution in [0.25, 0.3) is 11.1 Å². The number of furan rings is 1. The number of hydrogen-bond donors (Lipinski definition) is 0. The van der Waals surface area contributed by atoms with Gasteiger partial charge in [0, 0.05) is 25.0 Å². The average Bonchev–Trinajstić information content (AvgIpc) is 3.47. The highest BCUT2D eigenvalue weighted by molar-refractivity contribution is 5.79. The zero-order chi connectivity index (χ0) is 21.2. The Bertz CT molecular complexity index is 966. The van der Waals surface area contributed by atoms with Crippen LogP contribution in [0.4, 0.5) is 6.01 Å². The number of carbonyl (C=O) groups excluding carboxylic acids is 1. The molecule has 7 heteroatoms. The van der Waals surface area contributed by atoms with Gasteiger partial charge in [0.1, 0.15) is 11.3 Å². The largest absolute Gasteiger partial charge is 0.467 e. The van der Waals surface area contributed by atoms with E-state index >= 15 is 0 Å². The number of hydrogen-bond acceptors (Lipinski definition) is 6. The number of amides is 1. The first-order valence-corrected chi connectivity index (χ1v) is 11.3. The number of anilines is 1. The van der Waals surface area contributed by atoms with Crippen LogP contribution in [0.1, 0.15) is 31.4 Å². The fourth-order valence-electron chi connectivity index (χ4n) is 4.81. The Hall–Kier alpha value is -2.80. The molecule has 31 heavy (non-hydrogen) atoms. The normalized spacial score (nSPS) is 19.2. The quantitative estimate of drug-likeness (QED) is 0.624. The molecule has 4 heterocycles. The van der Waals surface area contributed by atoms with Crippen molar-refractivity contribution in [3.8, 4) is 0 Å². The second-order valence-electron chi connectivity index (χ2n) is 8.81. The molecule has 164 valence electrons. The number of oxazole rings is 1. The van der Waals surface area contributed by atoms with Gasteiger partial charge in [-0.1, -0.05) is 12.1 Å². The smallest absolute Gasteiger partial charge is 0.298 e. The number of carbonyl (C=O) groups is 1. The third-order valence-electron chi connectivity index (χ3n) is 6.72. The van der Waals surface area contributed by atoms with Crippen LogP contribution >= 0.6 is 0 Å². The lowest BCUT2D eigenvalue weighted by molar-refractivity contribution is -0.140. The molecular weight excluding hydrogens is 392 g/mol. The summed E-state index contributed by atoms with van der Waals surface area (Å²) >= 11 is 0. The predicted octanol–water partition coefficient (Wildman–Crippen LogP) is 3.76. The van der Waals surface area contributed by atoms with Crippen molar-refractivity contribution in [2.45, 2.75) is 38.3 Å². The summed E-state index contributed by atoms with van der Waals surface area (Å²) in [5.74, 6) is 1.16. The van der Waals surface area contributed by atoms with Crippen molar-refractivity contribution in [3.63, 3.8) is 0 Å². The van der Waals surface area contributed by atoms with Gasteiger partial charge in [0.2, 0.25) is 5.91 Å². The Morgan fingerprint density at radius 2 is 1.84 bits per heavy atom. The number of rotatable bonds is 5. The van der Waals surface area contributed by atoms with Gasteiger partial charge in [0.05, 0.1) is 12.8 Å². The SMILES string of the molecule is CN1CCC(N(Cc2ccco2)C(=O)C2CCN(c3nc4ccccc4o3)CC2)CC1. The van der Waals surface area contributed by atoms with Crippen molar-refractivity contribution in [3.05, 3.63) is 48.4 Å². The molecule has 0 unspecified atom stereocenters. The second-order valence-corrected chi connectivity index (χ2v) is 8.81. The van der Waals surface area contributed by atoms with Gasteiger partial charge in [-0.25, -0.2) is 0 Å². The fraction of sp³-hybridized carbons (Fsp3) is 0.500. The molecule has 0 N–H and O–H groups in total. The van der Waals surface area contributed by atoms with E-state index in [1.807, 2.05) is 36.4 Å². The van der Waals surface area contributed by atoms with E-state index in [1.165, 1.54) is 0 Å². The van der Waals surface area contributed by atoms with Gasteiger partial charge < -0.3 is 23.5 Å². The van der Waals surface area contributed by atoms with Crippen molar-refractivity contribution in [1.82, 2.24) is 14.8 Å². The zero-order valence-electron chi connectivity index (χ0n) is 18.1. The summed E-state index contributed by atoms with van der Waals surface area (Å²) in [6, 6.07) is 12.6. The van der Waals surface area contributed by atoms with Gasteiger partial charge in [0.15, 0.2) is 5.58 Å². The van der Waals surface area contributed by atoms with Crippen molar-refractivity contribution >= 4 is 23.0 Å². The van der Waals surface area contributed by atoms with Crippen LogP contribution in [0, 0.1) is 5.92 Å². The van der Waals surface area contributed by atoms with Crippen molar-refractivity contribution in [2.24, 2.45) is 5.92 Å². The van der Waals surface area contributed by atoms with Gasteiger partial charge in [-0.15, -0.1) is 0 Å². The molecule has 0 spiro atoms. The third kappa shape index (κ3) is 4.32. The molecule has 0 saturated carbocycles. The maximum atomic E-state index is 13.6. The van der Waals surface area contributed by atoms with Crippen LogP contribution in [0.5, 0.6) is 0 Å². The molecular formula is C24H30N4O3. The fourth-order valence-corrected chi connectivity index (χ4v) is 4.81. The minimum Gasteiger partial charge on any atom is -0.467 e. The maximum Gasteiger partial charge on any atom is 0.298 e. The first-order valence-electron chi connectivity index (χ1n) is 11.3. The molecule has 2 aromatic heterocycles. The second kappa shape index (κ2) is 8.75. The highest BCUT2D eigenvalue weighted by Crippen LogP contribution is 2.29. The van der Waals surface area contributed by atoms with E-state index in [-0.39, 0.29) is 17.9 Å². The van der Waals surface area contributed by atoms with E-state index in [9.17, 15) is 4.79 Å². The van der Waals surface area contributed by atoms with Gasteiger partial charge in [0.25, 0.3) is 6.01 Å².